The third-order valence-electron chi connectivity index (χ3n) is 11.1. The fourth-order valence-electron chi connectivity index (χ4n) is 8.58. The molecule has 3 atom stereocenters. The van der Waals surface area contributed by atoms with Gasteiger partial charge in [-0.25, -0.2) is 15.0 Å². The second kappa shape index (κ2) is 13.9. The van der Waals surface area contributed by atoms with Gasteiger partial charge in [0, 0.05) is 68.9 Å². The molecule has 2 unspecified atom stereocenters. The number of anilines is 5. The number of likely N-dealkylation sites (tertiary alicyclic amines) is 1. The van der Waals surface area contributed by atoms with Crippen LogP contribution in [0.25, 0.3) is 0 Å². The molecule has 0 spiro atoms. The summed E-state index contributed by atoms with van der Waals surface area (Å²) in [5, 5.41) is 17.6. The molecule has 1 aliphatic carbocycles. The molecule has 260 valence electrons. The maximum atomic E-state index is 12.7. The first-order valence-corrected chi connectivity index (χ1v) is 17.9. The van der Waals surface area contributed by atoms with Gasteiger partial charge in [-0.05, 0) is 68.4 Å². The lowest BCUT2D eigenvalue weighted by Gasteiger charge is -2.47. The van der Waals surface area contributed by atoms with Crippen LogP contribution in [0.3, 0.4) is 0 Å². The van der Waals surface area contributed by atoms with E-state index in [1.807, 2.05) is 36.4 Å². The summed E-state index contributed by atoms with van der Waals surface area (Å²) >= 11 is 0. The van der Waals surface area contributed by atoms with Crippen LogP contribution in [-0.2, 0) is 9.63 Å². The molecule has 2 N–H and O–H groups in total. The first-order valence-electron chi connectivity index (χ1n) is 17.9. The van der Waals surface area contributed by atoms with E-state index in [4.69, 9.17) is 9.57 Å². The summed E-state index contributed by atoms with van der Waals surface area (Å²) in [6.07, 6.45) is 11.2. The number of carbonyl (C=O) groups excluding carboxylic acids is 1. The molecular formula is C38H45N9O3. The predicted molar refractivity (Wildman–Crippen MR) is 193 cm³/mol. The number of piperidine rings is 1. The quantitative estimate of drug-likeness (QED) is 0.269. The minimum atomic E-state index is -0.275. The van der Waals surface area contributed by atoms with Crippen molar-refractivity contribution in [3.05, 3.63) is 72.6 Å². The molecule has 5 fully saturated rings. The molecule has 5 aliphatic rings. The van der Waals surface area contributed by atoms with Gasteiger partial charge in [0.2, 0.25) is 5.91 Å². The van der Waals surface area contributed by atoms with Gasteiger partial charge in [-0.3, -0.25) is 19.4 Å². The molecule has 1 amide bonds. The number of benzene rings is 2. The second-order valence-corrected chi connectivity index (χ2v) is 14.1. The van der Waals surface area contributed by atoms with Crippen molar-refractivity contribution in [3.63, 3.8) is 0 Å². The smallest absolute Gasteiger partial charge is 0.247 e. The van der Waals surface area contributed by atoms with Crippen molar-refractivity contribution in [2.75, 3.05) is 60.5 Å². The zero-order valence-corrected chi connectivity index (χ0v) is 28.6. The van der Waals surface area contributed by atoms with Crippen LogP contribution < -0.4 is 25.3 Å². The van der Waals surface area contributed by atoms with E-state index in [1.54, 1.807) is 18.2 Å². The summed E-state index contributed by atoms with van der Waals surface area (Å²) in [5.41, 5.74) is 3.85. The minimum absolute atomic E-state index is 0.0905. The number of hydrogen-bond acceptors (Lipinski definition) is 11. The number of nitrogens with zero attached hydrogens (tertiary/aromatic N) is 7. The lowest BCUT2D eigenvalue weighted by atomic mass is 9.99. The van der Waals surface area contributed by atoms with Crippen LogP contribution in [0.15, 0.2) is 61.4 Å². The second-order valence-electron chi connectivity index (χ2n) is 14.1. The van der Waals surface area contributed by atoms with Crippen LogP contribution in [0.2, 0.25) is 0 Å². The topological polar surface area (TPSA) is 122 Å². The van der Waals surface area contributed by atoms with E-state index in [0.29, 0.717) is 47.0 Å². The zero-order valence-electron chi connectivity index (χ0n) is 28.6. The first kappa shape index (κ1) is 32.5. The molecular weight excluding hydrogens is 630 g/mol. The SMILES string of the molecule is C=CC(=O)Nc1cc(Nc2cc(N3OCC[C@@H]3c3cccc(C#N)c3)ncn2)c(OC)cc1N1CCC(N2CC3CCC(C2)N3C2CC2)CC1. The summed E-state index contributed by atoms with van der Waals surface area (Å²) in [6.45, 7) is 8.43. The van der Waals surface area contributed by atoms with E-state index < -0.39 is 0 Å². The number of piperazine rings is 1. The molecule has 50 heavy (non-hydrogen) atoms. The number of amides is 1. The van der Waals surface area contributed by atoms with Crippen molar-refractivity contribution in [2.24, 2.45) is 0 Å². The van der Waals surface area contributed by atoms with E-state index in [0.717, 1.165) is 61.7 Å². The molecule has 2 bridgehead atoms. The van der Waals surface area contributed by atoms with Crippen LogP contribution in [0.5, 0.6) is 5.75 Å². The van der Waals surface area contributed by atoms with Crippen molar-refractivity contribution in [2.45, 2.75) is 75.2 Å². The standard InChI is InChI=1S/C38H45N9O3/c1-3-38(48)43-31-18-32(42-36-20-37(41-24-40-36)47-33(13-16-50-47)26-6-4-5-25(17-26)21-39)35(49-2)19-34(31)44-14-11-27(12-15-44)45-22-29-9-10-30(23-45)46(29)28-7-8-28/h3-6,17-20,24,27-30,33H,1,7-16,22-23H2,2H3,(H,43,48)(H,40,41,42)/t29?,30?,33-/m1/s1. The van der Waals surface area contributed by atoms with Gasteiger partial charge in [0.1, 0.15) is 17.9 Å². The number of rotatable bonds is 10. The van der Waals surface area contributed by atoms with Gasteiger partial charge >= 0.3 is 0 Å². The van der Waals surface area contributed by atoms with Crippen LogP contribution in [0.4, 0.5) is 28.7 Å². The number of hydroxylamine groups is 1. The van der Waals surface area contributed by atoms with Gasteiger partial charge in [0.15, 0.2) is 5.82 Å². The summed E-state index contributed by atoms with van der Waals surface area (Å²) in [5.74, 6) is 1.49. The summed E-state index contributed by atoms with van der Waals surface area (Å²) in [4.78, 5) is 35.7. The summed E-state index contributed by atoms with van der Waals surface area (Å²) in [6, 6.07) is 18.3. The molecule has 12 nitrogen and oxygen atoms in total. The third kappa shape index (κ3) is 6.49. The average molecular weight is 676 g/mol. The summed E-state index contributed by atoms with van der Waals surface area (Å²) in [7, 11) is 1.65. The van der Waals surface area contributed by atoms with Crippen LogP contribution in [-0.4, -0.2) is 89.7 Å². The molecule has 12 heteroatoms. The fourth-order valence-corrected chi connectivity index (χ4v) is 8.58. The number of hydrogen-bond donors (Lipinski definition) is 2. The van der Waals surface area contributed by atoms with Gasteiger partial charge in [0.05, 0.1) is 48.5 Å². The maximum absolute atomic E-state index is 12.7. The molecule has 3 aromatic rings. The summed E-state index contributed by atoms with van der Waals surface area (Å²) < 4.78 is 5.90. The van der Waals surface area contributed by atoms with Gasteiger partial charge in [-0.15, -0.1) is 0 Å². The Hall–Kier alpha value is -4.70. The normalized spacial score (nSPS) is 24.2. The van der Waals surface area contributed by atoms with Gasteiger partial charge in [-0.2, -0.15) is 5.26 Å². The van der Waals surface area contributed by atoms with Crippen LogP contribution in [0.1, 0.15) is 62.1 Å². The number of carbonyl (C=O) groups is 1. The first-order chi connectivity index (χ1) is 24.5. The Morgan fingerprint density at radius 2 is 1.76 bits per heavy atom. The largest absolute Gasteiger partial charge is 0.494 e. The highest BCUT2D eigenvalue weighted by Crippen LogP contribution is 2.43. The number of nitrogens with one attached hydrogen (secondary N) is 2. The number of ether oxygens (including phenoxy) is 1. The Balaban J connectivity index is 0.994. The molecule has 5 heterocycles. The minimum Gasteiger partial charge on any atom is -0.494 e. The molecule has 4 aliphatic heterocycles. The Labute approximate surface area is 293 Å². The van der Waals surface area contributed by atoms with Gasteiger partial charge in [-0.1, -0.05) is 18.7 Å². The third-order valence-corrected chi connectivity index (χ3v) is 11.1. The molecule has 4 saturated heterocycles. The molecule has 8 rings (SSSR count). The Morgan fingerprint density at radius 1 is 0.980 bits per heavy atom. The lowest BCUT2D eigenvalue weighted by Crippen LogP contribution is -2.58. The Morgan fingerprint density at radius 3 is 2.48 bits per heavy atom. The van der Waals surface area contributed by atoms with Crippen LogP contribution >= 0.6 is 0 Å². The zero-order chi connectivity index (χ0) is 34.2. The number of fused-ring (bicyclic) bond motifs is 2. The Bertz CT molecular complexity index is 1770. The van der Waals surface area contributed by atoms with Crippen molar-refractivity contribution in [1.82, 2.24) is 19.8 Å². The van der Waals surface area contributed by atoms with Crippen LogP contribution in [0, 0.1) is 11.3 Å². The highest BCUT2D eigenvalue weighted by molar-refractivity contribution is 6.02. The van der Waals surface area contributed by atoms with E-state index in [1.165, 1.54) is 51.2 Å². The number of methoxy groups -OCH3 is 1. The van der Waals surface area contributed by atoms with Gasteiger partial charge < -0.3 is 20.3 Å². The van der Waals surface area contributed by atoms with E-state index >= 15 is 0 Å². The van der Waals surface area contributed by atoms with E-state index in [9.17, 15) is 10.1 Å². The highest BCUT2D eigenvalue weighted by Gasteiger charge is 2.47. The fraction of sp³-hybridized carbons (Fsp3) is 0.474. The monoisotopic (exact) mass is 675 g/mol. The molecule has 1 saturated carbocycles. The number of nitriles is 1. The molecule has 2 aromatic carbocycles. The van der Waals surface area contributed by atoms with Crippen molar-refractivity contribution >= 4 is 34.6 Å². The van der Waals surface area contributed by atoms with E-state index in [-0.39, 0.29) is 11.9 Å². The molecule has 1 aromatic heterocycles. The highest BCUT2D eigenvalue weighted by atomic mass is 16.7. The van der Waals surface area contributed by atoms with Crippen molar-refractivity contribution in [1.29, 1.82) is 5.26 Å². The van der Waals surface area contributed by atoms with E-state index in [2.05, 4.69) is 47.9 Å². The average Bonchev–Trinajstić information content (AvgIpc) is 3.81. The Kier molecular flexibility index (Phi) is 9.04. The van der Waals surface area contributed by atoms with Crippen molar-refractivity contribution in [3.8, 4) is 11.8 Å². The van der Waals surface area contributed by atoms with Gasteiger partial charge in [0.25, 0.3) is 0 Å². The predicted octanol–water partition coefficient (Wildman–Crippen LogP) is 5.39. The lowest BCUT2D eigenvalue weighted by molar-refractivity contribution is -0.111. The molecule has 0 radical (unpaired) electrons. The number of aromatic nitrogens is 2. The maximum Gasteiger partial charge on any atom is 0.247 e. The van der Waals surface area contributed by atoms with Crippen molar-refractivity contribution < 1.29 is 14.4 Å².